The zero-order valence-electron chi connectivity index (χ0n) is 36.4. The van der Waals surface area contributed by atoms with Gasteiger partial charge < -0.3 is 23.8 Å². The molecule has 0 aromatic carbocycles. The van der Waals surface area contributed by atoms with Crippen LogP contribution < -0.4 is 0 Å². The number of allylic oxidation sites excluding steroid dienone is 6. The first-order valence-electron chi connectivity index (χ1n) is 22.5. The number of ether oxygens (including phenoxy) is 3. The van der Waals surface area contributed by atoms with Crippen LogP contribution in [0.4, 0.5) is 0 Å². The number of carboxylic acids is 1. The summed E-state index contributed by atoms with van der Waals surface area (Å²) in [6, 6.07) is -0.616. The van der Waals surface area contributed by atoms with Crippen molar-refractivity contribution >= 4 is 17.9 Å². The van der Waals surface area contributed by atoms with Crippen LogP contribution >= 0.6 is 0 Å². The highest BCUT2D eigenvalue weighted by molar-refractivity contribution is 5.72. The predicted molar refractivity (Wildman–Crippen MR) is 229 cm³/mol. The van der Waals surface area contributed by atoms with Gasteiger partial charge >= 0.3 is 17.9 Å². The van der Waals surface area contributed by atoms with Crippen LogP contribution in [-0.4, -0.2) is 80.6 Å². The molecule has 0 aromatic rings. The third-order valence-corrected chi connectivity index (χ3v) is 10.1. The van der Waals surface area contributed by atoms with E-state index >= 15 is 0 Å². The van der Waals surface area contributed by atoms with Crippen LogP contribution in [0.25, 0.3) is 0 Å². The van der Waals surface area contributed by atoms with E-state index in [0.717, 1.165) is 70.6 Å². The molecule has 0 fully saturated rings. The van der Waals surface area contributed by atoms with Crippen molar-refractivity contribution in [2.75, 3.05) is 41.0 Å². The number of nitrogens with zero attached hydrogens (tertiary/aromatic N) is 1. The van der Waals surface area contributed by atoms with Gasteiger partial charge in [0, 0.05) is 19.3 Å². The molecule has 2 atom stereocenters. The highest BCUT2D eigenvalue weighted by Gasteiger charge is 2.31. The second-order valence-corrected chi connectivity index (χ2v) is 16.3. The van der Waals surface area contributed by atoms with Gasteiger partial charge in [0.25, 0.3) is 0 Å². The molecule has 0 aliphatic heterocycles. The minimum absolute atomic E-state index is 0.0563. The highest BCUT2D eigenvalue weighted by atomic mass is 16.6. The zero-order chi connectivity index (χ0) is 40.7. The molecule has 1 N–H and O–H groups in total. The van der Waals surface area contributed by atoms with Crippen LogP contribution in [0.2, 0.25) is 0 Å². The Bertz CT molecular complexity index is 1000. The highest BCUT2D eigenvalue weighted by Crippen LogP contribution is 2.15. The Morgan fingerprint density at radius 3 is 1.51 bits per heavy atom. The van der Waals surface area contributed by atoms with Crippen molar-refractivity contribution in [3.8, 4) is 0 Å². The van der Waals surface area contributed by atoms with Gasteiger partial charge in [-0.1, -0.05) is 166 Å². The van der Waals surface area contributed by atoms with Gasteiger partial charge in [-0.25, -0.2) is 4.79 Å². The summed E-state index contributed by atoms with van der Waals surface area (Å²) in [5, 5.41) is 9.62. The summed E-state index contributed by atoms with van der Waals surface area (Å²) in [6.45, 7) is 4.61. The molecule has 0 aliphatic rings. The molecular weight excluding hydrogens is 691 g/mol. The molecule has 0 radical (unpaired) electrons. The Labute approximate surface area is 338 Å². The van der Waals surface area contributed by atoms with Crippen LogP contribution in [0.1, 0.15) is 194 Å². The van der Waals surface area contributed by atoms with Crippen molar-refractivity contribution in [3.63, 3.8) is 0 Å². The number of esters is 2. The average molecular weight is 777 g/mol. The summed E-state index contributed by atoms with van der Waals surface area (Å²) < 4.78 is 17.3. The summed E-state index contributed by atoms with van der Waals surface area (Å²) >= 11 is 0. The molecule has 0 heterocycles. The van der Waals surface area contributed by atoms with E-state index in [1.54, 1.807) is 0 Å². The maximum absolute atomic E-state index is 12.7. The van der Waals surface area contributed by atoms with Crippen LogP contribution in [0.5, 0.6) is 0 Å². The molecule has 0 saturated heterocycles. The minimum atomic E-state index is -0.877. The Kier molecular flexibility index (Phi) is 36.7. The lowest BCUT2D eigenvalue weighted by molar-refractivity contribution is -0.887. The van der Waals surface area contributed by atoms with Crippen molar-refractivity contribution in [3.05, 3.63) is 36.5 Å². The number of likely N-dealkylation sites (N-methyl/N-ethyl adjacent to an activating group) is 1. The average Bonchev–Trinajstić information content (AvgIpc) is 3.14. The van der Waals surface area contributed by atoms with E-state index in [-0.39, 0.29) is 36.2 Å². The summed E-state index contributed by atoms with van der Waals surface area (Å²) in [7, 11) is 5.52. The summed E-state index contributed by atoms with van der Waals surface area (Å²) in [6.07, 6.45) is 43.3. The van der Waals surface area contributed by atoms with Gasteiger partial charge in [-0.3, -0.25) is 9.59 Å². The second kappa shape index (κ2) is 38.4. The molecule has 8 heteroatoms. The van der Waals surface area contributed by atoms with Crippen molar-refractivity contribution < 1.29 is 38.2 Å². The van der Waals surface area contributed by atoms with Gasteiger partial charge in [0.2, 0.25) is 0 Å². The first-order chi connectivity index (χ1) is 26.6. The predicted octanol–water partition coefficient (Wildman–Crippen LogP) is 12.2. The smallest absolute Gasteiger partial charge is 0.362 e. The third kappa shape index (κ3) is 36.9. The van der Waals surface area contributed by atoms with Gasteiger partial charge in [-0.15, -0.1) is 0 Å². The van der Waals surface area contributed by atoms with E-state index in [1.165, 1.54) is 89.9 Å². The summed E-state index contributed by atoms with van der Waals surface area (Å²) in [5.41, 5.74) is 0. The number of rotatable bonds is 40. The normalized spacial score (nSPS) is 13.3. The molecule has 2 unspecified atom stereocenters. The molecular formula is C47H86NO7+. The van der Waals surface area contributed by atoms with Gasteiger partial charge in [0.1, 0.15) is 6.61 Å². The maximum Gasteiger partial charge on any atom is 0.362 e. The molecule has 0 saturated carbocycles. The molecule has 0 aromatic heterocycles. The van der Waals surface area contributed by atoms with E-state index in [1.807, 2.05) is 21.1 Å². The fourth-order valence-electron chi connectivity index (χ4n) is 6.58. The zero-order valence-corrected chi connectivity index (χ0v) is 36.4. The van der Waals surface area contributed by atoms with Crippen LogP contribution in [0.15, 0.2) is 36.5 Å². The number of carbonyl (C=O) groups is 3. The maximum atomic E-state index is 12.7. The molecule has 0 bridgehead atoms. The minimum Gasteiger partial charge on any atom is -0.477 e. The number of hydrogen-bond donors (Lipinski definition) is 1. The molecule has 320 valence electrons. The fraction of sp³-hybridized carbons (Fsp3) is 0.809. The first-order valence-corrected chi connectivity index (χ1v) is 22.5. The summed E-state index contributed by atoms with van der Waals surface area (Å²) in [5.74, 6) is -1.49. The van der Waals surface area contributed by atoms with E-state index in [0.29, 0.717) is 19.3 Å². The lowest BCUT2D eigenvalue weighted by atomic mass is 10.0. The number of hydrogen-bond acceptors (Lipinski definition) is 6. The van der Waals surface area contributed by atoms with Crippen LogP contribution in [-0.2, 0) is 28.6 Å². The van der Waals surface area contributed by atoms with Crippen molar-refractivity contribution in [2.24, 2.45) is 0 Å². The number of carboxylic acid groups (broad SMARTS) is 1. The van der Waals surface area contributed by atoms with Gasteiger partial charge in [-0.2, -0.15) is 0 Å². The topological polar surface area (TPSA) is 99.1 Å². The van der Waals surface area contributed by atoms with E-state index in [4.69, 9.17) is 14.2 Å². The van der Waals surface area contributed by atoms with E-state index < -0.39 is 18.1 Å². The van der Waals surface area contributed by atoms with Crippen LogP contribution in [0.3, 0.4) is 0 Å². The van der Waals surface area contributed by atoms with Crippen LogP contribution in [0, 0.1) is 0 Å². The number of quaternary nitrogens is 1. The quantitative estimate of drug-likeness (QED) is 0.0286. The Morgan fingerprint density at radius 1 is 0.564 bits per heavy atom. The Hall–Kier alpha value is -2.45. The van der Waals surface area contributed by atoms with Crippen molar-refractivity contribution in [1.82, 2.24) is 0 Å². The molecule has 8 nitrogen and oxygen atoms in total. The standard InChI is InChI=1S/C47H85NO7/c1-6-8-10-12-14-16-18-20-22-23-24-26-28-30-32-34-36-38-46(50)55-43(41-53-40-39-44(47(51)52)48(3,4)5)42-54-45(49)37-35-33-31-29-27-25-21-19-17-15-13-11-9-7-2/h9,11,15,17,21,25,43-44H,6-8,10,12-14,16,18-20,22-24,26-42H2,1-5H3/p+1/b11-9+,17-15+,25-21+. The third-order valence-electron chi connectivity index (χ3n) is 10.1. The lowest BCUT2D eigenvalue weighted by Gasteiger charge is -2.31. The van der Waals surface area contributed by atoms with E-state index in [9.17, 15) is 19.5 Å². The lowest BCUT2D eigenvalue weighted by Crippen LogP contribution is -2.50. The number of aliphatic carboxylic acids is 1. The number of unbranched alkanes of at least 4 members (excludes halogenated alkanes) is 20. The Morgan fingerprint density at radius 2 is 1.02 bits per heavy atom. The molecule has 55 heavy (non-hydrogen) atoms. The van der Waals surface area contributed by atoms with Gasteiger partial charge in [0.15, 0.2) is 12.1 Å². The SMILES string of the molecule is CC/C=C/C/C=C/C/C=C/CCCCCCC(=O)OCC(COCCC(C(=O)O)[N+](C)(C)C)OC(=O)CCCCCCCCCCCCCCCCCCC. The molecule has 0 rings (SSSR count). The van der Waals surface area contributed by atoms with Gasteiger partial charge in [-0.05, 0) is 44.9 Å². The van der Waals surface area contributed by atoms with Gasteiger partial charge in [0.05, 0.1) is 34.4 Å². The largest absolute Gasteiger partial charge is 0.477 e. The summed E-state index contributed by atoms with van der Waals surface area (Å²) in [4.78, 5) is 37.0. The number of carbonyl (C=O) groups excluding carboxylic acids is 2. The fourth-order valence-corrected chi connectivity index (χ4v) is 6.58. The second-order valence-electron chi connectivity index (χ2n) is 16.3. The first kappa shape index (κ1) is 52.6. The van der Waals surface area contributed by atoms with E-state index in [2.05, 4.69) is 50.3 Å². The Balaban J connectivity index is 4.33. The van der Waals surface area contributed by atoms with Crippen molar-refractivity contribution in [1.29, 1.82) is 0 Å². The monoisotopic (exact) mass is 777 g/mol. The molecule has 0 aliphatic carbocycles. The van der Waals surface area contributed by atoms with Crippen molar-refractivity contribution in [2.45, 2.75) is 206 Å². The molecule has 0 spiro atoms. The molecule has 0 amide bonds.